The molecule has 0 radical (unpaired) electrons. The van der Waals surface area contributed by atoms with Gasteiger partial charge in [-0.15, -0.1) is 0 Å². The molecule has 1 aliphatic rings. The molecule has 0 spiro atoms. The number of halogens is 1. The molecule has 1 N–H and O–H groups in total. The third kappa shape index (κ3) is 3.98. The molecule has 0 unspecified atom stereocenters. The first-order valence-corrected chi connectivity index (χ1v) is 9.95. The number of hydrogen-bond donors (Lipinski definition) is 1. The van der Waals surface area contributed by atoms with Crippen LogP contribution in [0.15, 0.2) is 78.9 Å². The molecule has 0 fully saturated rings. The van der Waals surface area contributed by atoms with Gasteiger partial charge in [0.2, 0.25) is 5.91 Å². The second-order valence-corrected chi connectivity index (χ2v) is 7.52. The van der Waals surface area contributed by atoms with Crippen molar-refractivity contribution in [3.8, 4) is 0 Å². The van der Waals surface area contributed by atoms with E-state index in [0.717, 1.165) is 16.0 Å². The fraction of sp³-hybridized carbons (Fsp3) is 0.125. The zero-order chi connectivity index (χ0) is 21.1. The molecule has 3 aromatic carbocycles. The molecular formula is C24H19ClN2O3. The summed E-state index contributed by atoms with van der Waals surface area (Å²) in [5.74, 6) is -1.29. The molecule has 0 bridgehead atoms. The van der Waals surface area contributed by atoms with Gasteiger partial charge >= 0.3 is 0 Å². The van der Waals surface area contributed by atoms with Gasteiger partial charge in [0, 0.05) is 18.0 Å². The van der Waals surface area contributed by atoms with E-state index in [-0.39, 0.29) is 13.0 Å². The van der Waals surface area contributed by atoms with Crippen LogP contribution in [0.3, 0.4) is 0 Å². The van der Waals surface area contributed by atoms with E-state index in [1.54, 1.807) is 42.5 Å². The molecule has 3 aromatic rings. The number of carbonyl (C=O) groups excluding carboxylic acids is 3. The molecule has 30 heavy (non-hydrogen) atoms. The second-order valence-electron chi connectivity index (χ2n) is 7.08. The average Bonchev–Trinajstić information content (AvgIpc) is 3.02. The number of hydrogen-bond acceptors (Lipinski definition) is 3. The zero-order valence-electron chi connectivity index (χ0n) is 16.0. The number of amides is 3. The minimum atomic E-state index is -0.959. The standard InChI is InChI=1S/C24H19ClN2O3/c25-18-10-6-9-17(13-18)15-26-22(28)21(14-16-7-2-1-3-8-16)27-23(29)19-11-4-5-12-20(19)24(27)30/h1-13,21H,14-15H2,(H,26,28)/t21-/m1/s1. The van der Waals surface area contributed by atoms with Crippen molar-refractivity contribution >= 4 is 29.3 Å². The van der Waals surface area contributed by atoms with Gasteiger partial charge in [-0.3, -0.25) is 19.3 Å². The molecule has 0 saturated carbocycles. The Hall–Kier alpha value is -3.44. The van der Waals surface area contributed by atoms with Gasteiger partial charge in [-0.1, -0.05) is 66.2 Å². The third-order valence-corrected chi connectivity index (χ3v) is 5.30. The van der Waals surface area contributed by atoms with Crippen molar-refractivity contribution in [1.82, 2.24) is 10.2 Å². The Morgan fingerprint density at radius 1 is 0.833 bits per heavy atom. The first-order chi connectivity index (χ1) is 14.5. The predicted molar refractivity (Wildman–Crippen MR) is 114 cm³/mol. The summed E-state index contributed by atoms with van der Waals surface area (Å²) < 4.78 is 0. The number of fused-ring (bicyclic) bond motifs is 1. The van der Waals surface area contributed by atoms with Gasteiger partial charge < -0.3 is 5.32 Å². The Morgan fingerprint density at radius 3 is 2.07 bits per heavy atom. The fourth-order valence-corrected chi connectivity index (χ4v) is 3.80. The predicted octanol–water partition coefficient (Wildman–Crippen LogP) is 3.86. The third-order valence-electron chi connectivity index (χ3n) is 5.07. The fourth-order valence-electron chi connectivity index (χ4n) is 3.58. The number of benzene rings is 3. The Bertz CT molecular complexity index is 1080. The lowest BCUT2D eigenvalue weighted by Crippen LogP contribution is -2.50. The first kappa shape index (κ1) is 19.9. The van der Waals surface area contributed by atoms with Crippen molar-refractivity contribution < 1.29 is 14.4 Å². The van der Waals surface area contributed by atoms with E-state index in [2.05, 4.69) is 5.32 Å². The monoisotopic (exact) mass is 418 g/mol. The van der Waals surface area contributed by atoms with Gasteiger partial charge in [-0.25, -0.2) is 0 Å². The maximum atomic E-state index is 13.1. The smallest absolute Gasteiger partial charge is 0.262 e. The van der Waals surface area contributed by atoms with Crippen LogP contribution in [0.4, 0.5) is 0 Å². The van der Waals surface area contributed by atoms with Gasteiger partial charge in [0.1, 0.15) is 6.04 Å². The summed E-state index contributed by atoms with van der Waals surface area (Å²) in [6.07, 6.45) is 0.230. The van der Waals surface area contributed by atoms with Crippen LogP contribution in [0, 0.1) is 0 Å². The van der Waals surface area contributed by atoms with Crippen LogP contribution in [0.1, 0.15) is 31.8 Å². The number of nitrogens with zero attached hydrogens (tertiary/aromatic N) is 1. The molecule has 150 valence electrons. The lowest BCUT2D eigenvalue weighted by molar-refractivity contribution is -0.125. The Morgan fingerprint density at radius 2 is 1.43 bits per heavy atom. The second kappa shape index (κ2) is 8.51. The molecule has 5 nitrogen and oxygen atoms in total. The van der Waals surface area contributed by atoms with Crippen molar-refractivity contribution in [2.75, 3.05) is 0 Å². The molecule has 3 amide bonds. The number of carbonyl (C=O) groups is 3. The van der Waals surface area contributed by atoms with Crippen molar-refractivity contribution in [3.05, 3.63) is 106 Å². The Labute approximate surface area is 179 Å². The number of rotatable bonds is 6. The van der Waals surface area contributed by atoms with E-state index in [0.29, 0.717) is 16.1 Å². The average molecular weight is 419 g/mol. The van der Waals surface area contributed by atoms with Crippen LogP contribution < -0.4 is 5.32 Å². The first-order valence-electron chi connectivity index (χ1n) is 9.57. The van der Waals surface area contributed by atoms with E-state index in [1.807, 2.05) is 36.4 Å². The molecule has 1 atom stereocenters. The number of nitrogens with one attached hydrogen (secondary N) is 1. The van der Waals surface area contributed by atoms with Crippen molar-refractivity contribution in [3.63, 3.8) is 0 Å². The Balaban J connectivity index is 1.61. The van der Waals surface area contributed by atoms with Crippen molar-refractivity contribution in [2.45, 2.75) is 19.0 Å². The summed E-state index contributed by atoms with van der Waals surface area (Å²) in [7, 11) is 0. The van der Waals surface area contributed by atoms with Crippen molar-refractivity contribution in [2.24, 2.45) is 0 Å². The summed E-state index contributed by atoms with van der Waals surface area (Å²) in [4.78, 5) is 40.2. The molecule has 1 heterocycles. The SMILES string of the molecule is O=C(NCc1cccc(Cl)c1)[C@@H](Cc1ccccc1)N1C(=O)c2ccccc2C1=O. The van der Waals surface area contributed by atoms with E-state index >= 15 is 0 Å². The van der Waals surface area contributed by atoms with Crippen LogP contribution in [0.2, 0.25) is 5.02 Å². The summed E-state index contributed by atoms with van der Waals surface area (Å²) in [6, 6.07) is 22.2. The highest BCUT2D eigenvalue weighted by Gasteiger charge is 2.42. The maximum Gasteiger partial charge on any atom is 0.262 e. The highest BCUT2D eigenvalue weighted by Crippen LogP contribution is 2.26. The number of imide groups is 1. The summed E-state index contributed by atoms with van der Waals surface area (Å²) >= 11 is 6.01. The van der Waals surface area contributed by atoms with Gasteiger partial charge in [0.25, 0.3) is 11.8 Å². The topological polar surface area (TPSA) is 66.5 Å². The van der Waals surface area contributed by atoms with Crippen LogP contribution in [-0.2, 0) is 17.8 Å². The minimum absolute atomic E-state index is 0.230. The van der Waals surface area contributed by atoms with Crippen LogP contribution >= 0.6 is 11.6 Å². The lowest BCUT2D eigenvalue weighted by atomic mass is 10.0. The molecular weight excluding hydrogens is 400 g/mol. The van der Waals surface area contributed by atoms with Crippen LogP contribution in [-0.4, -0.2) is 28.7 Å². The molecule has 4 rings (SSSR count). The van der Waals surface area contributed by atoms with Gasteiger partial charge in [0.15, 0.2) is 0 Å². The van der Waals surface area contributed by atoms with Crippen LogP contribution in [0.25, 0.3) is 0 Å². The highest BCUT2D eigenvalue weighted by molar-refractivity contribution is 6.30. The lowest BCUT2D eigenvalue weighted by Gasteiger charge is -2.25. The summed E-state index contributed by atoms with van der Waals surface area (Å²) in [5.41, 5.74) is 2.33. The van der Waals surface area contributed by atoms with E-state index in [1.165, 1.54) is 0 Å². The molecule has 0 aliphatic carbocycles. The summed E-state index contributed by atoms with van der Waals surface area (Å²) in [5, 5.41) is 3.42. The van der Waals surface area contributed by atoms with Crippen LogP contribution in [0.5, 0.6) is 0 Å². The molecule has 1 aliphatic heterocycles. The van der Waals surface area contributed by atoms with Gasteiger partial charge in [-0.05, 0) is 35.4 Å². The highest BCUT2D eigenvalue weighted by atomic mass is 35.5. The quantitative estimate of drug-likeness (QED) is 0.618. The van der Waals surface area contributed by atoms with E-state index in [9.17, 15) is 14.4 Å². The molecule has 6 heteroatoms. The van der Waals surface area contributed by atoms with Gasteiger partial charge in [0.05, 0.1) is 11.1 Å². The normalized spacial score (nSPS) is 13.8. The largest absolute Gasteiger partial charge is 0.350 e. The van der Waals surface area contributed by atoms with Crippen molar-refractivity contribution in [1.29, 1.82) is 0 Å². The van der Waals surface area contributed by atoms with E-state index in [4.69, 9.17) is 11.6 Å². The van der Waals surface area contributed by atoms with E-state index < -0.39 is 23.8 Å². The van der Waals surface area contributed by atoms with Gasteiger partial charge in [-0.2, -0.15) is 0 Å². The minimum Gasteiger partial charge on any atom is -0.350 e. The zero-order valence-corrected chi connectivity index (χ0v) is 16.8. The Kier molecular flexibility index (Phi) is 5.63. The molecule has 0 saturated heterocycles. The molecule has 0 aromatic heterocycles. The summed E-state index contributed by atoms with van der Waals surface area (Å²) in [6.45, 7) is 0.244. The maximum absolute atomic E-state index is 13.1.